The Balaban J connectivity index is 1.75. The molecule has 1 aromatic heterocycles. The SMILES string of the molecule is Cc1nn(C)cc1CNCC1CCC=CO1. The van der Waals surface area contributed by atoms with Crippen molar-refractivity contribution in [1.82, 2.24) is 15.1 Å². The lowest BCUT2D eigenvalue weighted by Crippen LogP contribution is -2.28. The highest BCUT2D eigenvalue weighted by Gasteiger charge is 2.10. The fourth-order valence-electron chi connectivity index (χ4n) is 1.93. The van der Waals surface area contributed by atoms with Crippen LogP contribution in [0.15, 0.2) is 18.5 Å². The van der Waals surface area contributed by atoms with Crippen molar-refractivity contribution >= 4 is 0 Å². The molecule has 0 fully saturated rings. The van der Waals surface area contributed by atoms with E-state index in [2.05, 4.69) is 22.7 Å². The minimum absolute atomic E-state index is 0.321. The van der Waals surface area contributed by atoms with Gasteiger partial charge in [0.1, 0.15) is 6.10 Å². The van der Waals surface area contributed by atoms with Crippen molar-refractivity contribution in [3.63, 3.8) is 0 Å². The molecule has 0 aliphatic carbocycles. The lowest BCUT2D eigenvalue weighted by atomic mass is 10.1. The van der Waals surface area contributed by atoms with E-state index in [1.807, 2.05) is 24.9 Å². The van der Waals surface area contributed by atoms with Gasteiger partial charge in [0.15, 0.2) is 0 Å². The highest BCUT2D eigenvalue weighted by Crippen LogP contribution is 2.09. The summed E-state index contributed by atoms with van der Waals surface area (Å²) in [5.74, 6) is 0. The zero-order chi connectivity index (χ0) is 11.4. The molecule has 1 N–H and O–H groups in total. The van der Waals surface area contributed by atoms with Crippen LogP contribution in [-0.2, 0) is 18.3 Å². The molecule has 2 heterocycles. The number of hydrogen-bond acceptors (Lipinski definition) is 3. The molecule has 0 amide bonds. The number of allylic oxidation sites excluding steroid dienone is 1. The summed E-state index contributed by atoms with van der Waals surface area (Å²) in [6.07, 6.45) is 8.49. The molecule has 0 aromatic carbocycles. The quantitative estimate of drug-likeness (QED) is 0.837. The third-order valence-electron chi connectivity index (χ3n) is 2.83. The summed E-state index contributed by atoms with van der Waals surface area (Å²) in [6, 6.07) is 0. The first kappa shape index (κ1) is 11.2. The first-order chi connectivity index (χ1) is 7.75. The molecule has 0 saturated carbocycles. The van der Waals surface area contributed by atoms with E-state index < -0.39 is 0 Å². The van der Waals surface area contributed by atoms with Gasteiger partial charge >= 0.3 is 0 Å². The van der Waals surface area contributed by atoms with Crippen molar-refractivity contribution in [3.05, 3.63) is 29.8 Å². The zero-order valence-corrected chi connectivity index (χ0v) is 9.94. The van der Waals surface area contributed by atoms with Gasteiger partial charge in [-0.15, -0.1) is 0 Å². The van der Waals surface area contributed by atoms with Crippen molar-refractivity contribution in [1.29, 1.82) is 0 Å². The van der Waals surface area contributed by atoms with Crippen LogP contribution in [0.4, 0.5) is 0 Å². The van der Waals surface area contributed by atoms with Gasteiger partial charge in [-0.1, -0.05) is 0 Å². The summed E-state index contributed by atoms with van der Waals surface area (Å²) in [4.78, 5) is 0. The second-order valence-electron chi connectivity index (χ2n) is 4.25. The Morgan fingerprint density at radius 1 is 1.62 bits per heavy atom. The van der Waals surface area contributed by atoms with Crippen LogP contribution in [0.3, 0.4) is 0 Å². The predicted octanol–water partition coefficient (Wildman–Crippen LogP) is 1.51. The number of ether oxygens (including phenoxy) is 1. The van der Waals surface area contributed by atoms with Crippen LogP contribution in [-0.4, -0.2) is 22.4 Å². The van der Waals surface area contributed by atoms with Gasteiger partial charge in [0.05, 0.1) is 12.0 Å². The normalized spacial score (nSPS) is 19.8. The molecule has 16 heavy (non-hydrogen) atoms. The van der Waals surface area contributed by atoms with Gasteiger partial charge < -0.3 is 10.1 Å². The maximum Gasteiger partial charge on any atom is 0.110 e. The first-order valence-corrected chi connectivity index (χ1v) is 5.76. The van der Waals surface area contributed by atoms with E-state index in [0.29, 0.717) is 6.10 Å². The van der Waals surface area contributed by atoms with Crippen LogP contribution in [0.1, 0.15) is 24.1 Å². The second kappa shape index (κ2) is 5.16. The van der Waals surface area contributed by atoms with Crippen molar-refractivity contribution in [2.24, 2.45) is 7.05 Å². The molecular weight excluding hydrogens is 202 g/mol. The number of nitrogens with one attached hydrogen (secondary N) is 1. The monoisotopic (exact) mass is 221 g/mol. The molecule has 0 saturated heterocycles. The third-order valence-corrected chi connectivity index (χ3v) is 2.83. The molecule has 1 unspecified atom stereocenters. The predicted molar refractivity (Wildman–Crippen MR) is 62.9 cm³/mol. The topological polar surface area (TPSA) is 39.1 Å². The molecule has 4 nitrogen and oxygen atoms in total. The summed E-state index contributed by atoms with van der Waals surface area (Å²) in [6.45, 7) is 3.80. The molecule has 0 bridgehead atoms. The smallest absolute Gasteiger partial charge is 0.110 e. The lowest BCUT2D eigenvalue weighted by Gasteiger charge is -2.19. The van der Waals surface area contributed by atoms with Gasteiger partial charge in [-0.25, -0.2) is 0 Å². The van der Waals surface area contributed by atoms with Gasteiger partial charge in [0, 0.05) is 31.9 Å². The van der Waals surface area contributed by atoms with Crippen LogP contribution < -0.4 is 5.32 Å². The van der Waals surface area contributed by atoms with E-state index in [4.69, 9.17) is 4.74 Å². The van der Waals surface area contributed by atoms with Crippen LogP contribution in [0.5, 0.6) is 0 Å². The van der Waals surface area contributed by atoms with Crippen molar-refractivity contribution in [2.75, 3.05) is 6.54 Å². The van der Waals surface area contributed by atoms with Crippen molar-refractivity contribution in [2.45, 2.75) is 32.4 Å². The van der Waals surface area contributed by atoms with Gasteiger partial charge in [0.25, 0.3) is 0 Å². The fourth-order valence-corrected chi connectivity index (χ4v) is 1.93. The molecule has 2 rings (SSSR count). The Kier molecular flexibility index (Phi) is 3.62. The molecular formula is C12H19N3O. The maximum absolute atomic E-state index is 5.49. The van der Waals surface area contributed by atoms with E-state index in [1.54, 1.807) is 0 Å². The van der Waals surface area contributed by atoms with E-state index in [9.17, 15) is 0 Å². The molecule has 1 aromatic rings. The Labute approximate surface area is 96.3 Å². The minimum atomic E-state index is 0.321. The van der Waals surface area contributed by atoms with Crippen molar-refractivity contribution in [3.8, 4) is 0 Å². The average molecular weight is 221 g/mol. The third kappa shape index (κ3) is 2.85. The number of aryl methyl sites for hydroxylation is 2. The summed E-state index contributed by atoms with van der Waals surface area (Å²) in [7, 11) is 1.95. The molecule has 4 heteroatoms. The van der Waals surface area contributed by atoms with Crippen LogP contribution in [0, 0.1) is 6.92 Å². The molecule has 0 radical (unpaired) electrons. The van der Waals surface area contributed by atoms with Crippen LogP contribution in [0.2, 0.25) is 0 Å². The summed E-state index contributed by atoms with van der Waals surface area (Å²) in [5.41, 5.74) is 2.35. The minimum Gasteiger partial charge on any atom is -0.497 e. The molecule has 1 aliphatic heterocycles. The van der Waals surface area contributed by atoms with E-state index in [-0.39, 0.29) is 0 Å². The number of nitrogens with zero attached hydrogens (tertiary/aromatic N) is 2. The highest BCUT2D eigenvalue weighted by atomic mass is 16.5. The first-order valence-electron chi connectivity index (χ1n) is 5.76. The largest absolute Gasteiger partial charge is 0.497 e. The Hall–Kier alpha value is -1.29. The van der Waals surface area contributed by atoms with E-state index >= 15 is 0 Å². The summed E-state index contributed by atoms with van der Waals surface area (Å²) in [5, 5.41) is 7.72. The Bertz CT molecular complexity index is 370. The number of aromatic nitrogens is 2. The second-order valence-corrected chi connectivity index (χ2v) is 4.25. The molecule has 88 valence electrons. The molecule has 1 aliphatic rings. The van der Waals surface area contributed by atoms with Crippen LogP contribution >= 0.6 is 0 Å². The van der Waals surface area contributed by atoms with Gasteiger partial charge in [-0.2, -0.15) is 5.10 Å². The van der Waals surface area contributed by atoms with Crippen molar-refractivity contribution < 1.29 is 4.74 Å². The summed E-state index contributed by atoms with van der Waals surface area (Å²) >= 11 is 0. The highest BCUT2D eigenvalue weighted by molar-refractivity contribution is 5.14. The van der Waals surface area contributed by atoms with Gasteiger partial charge in [-0.3, -0.25) is 4.68 Å². The van der Waals surface area contributed by atoms with E-state index in [0.717, 1.165) is 31.6 Å². The standard InChI is InChI=1S/C12H19N3O/c1-10-11(9-15(2)14-10)7-13-8-12-5-3-4-6-16-12/h4,6,9,12-13H,3,5,7-8H2,1-2H3. The number of hydrogen-bond donors (Lipinski definition) is 1. The Morgan fingerprint density at radius 2 is 2.50 bits per heavy atom. The average Bonchev–Trinajstić information content (AvgIpc) is 2.59. The van der Waals surface area contributed by atoms with Gasteiger partial charge in [-0.05, 0) is 25.8 Å². The van der Waals surface area contributed by atoms with Gasteiger partial charge in [0.2, 0.25) is 0 Å². The maximum atomic E-state index is 5.49. The zero-order valence-electron chi connectivity index (χ0n) is 9.94. The fraction of sp³-hybridized carbons (Fsp3) is 0.583. The molecule has 0 spiro atoms. The van der Waals surface area contributed by atoms with E-state index in [1.165, 1.54) is 5.56 Å². The van der Waals surface area contributed by atoms with Crippen LogP contribution in [0.25, 0.3) is 0 Å². The Morgan fingerprint density at radius 3 is 3.12 bits per heavy atom. The molecule has 1 atom stereocenters. The summed E-state index contributed by atoms with van der Waals surface area (Å²) < 4.78 is 7.34. The lowest BCUT2D eigenvalue weighted by molar-refractivity contribution is 0.122. The number of rotatable bonds is 4.